The zero-order valence-electron chi connectivity index (χ0n) is 13.2. The summed E-state index contributed by atoms with van der Waals surface area (Å²) >= 11 is 0. The SMILES string of the molecule is C=Cc1nc(-c2ccc(OC)cc2)c(-c2ccc(OC)cc2)[nH]1. The number of H-pyrrole nitrogens is 1. The molecule has 0 amide bonds. The number of imidazole rings is 1. The quantitative estimate of drug-likeness (QED) is 0.760. The number of benzene rings is 2. The summed E-state index contributed by atoms with van der Waals surface area (Å²) in [5.41, 5.74) is 3.89. The summed E-state index contributed by atoms with van der Waals surface area (Å²) in [4.78, 5) is 7.94. The van der Waals surface area contributed by atoms with Crippen LogP contribution in [0.2, 0.25) is 0 Å². The van der Waals surface area contributed by atoms with Crippen LogP contribution in [0.15, 0.2) is 55.1 Å². The van der Waals surface area contributed by atoms with Crippen LogP contribution in [0.3, 0.4) is 0 Å². The first-order valence-corrected chi connectivity index (χ1v) is 7.26. The van der Waals surface area contributed by atoms with Crippen LogP contribution >= 0.6 is 0 Å². The summed E-state index contributed by atoms with van der Waals surface area (Å²) in [6.07, 6.45) is 1.71. The van der Waals surface area contributed by atoms with Crippen LogP contribution in [0.1, 0.15) is 5.82 Å². The minimum atomic E-state index is 0.738. The number of rotatable bonds is 5. The molecule has 0 aliphatic carbocycles. The summed E-state index contributed by atoms with van der Waals surface area (Å²) in [6.45, 7) is 3.79. The van der Waals surface area contributed by atoms with Gasteiger partial charge in [-0.1, -0.05) is 6.58 Å². The second-order valence-corrected chi connectivity index (χ2v) is 5.01. The highest BCUT2D eigenvalue weighted by Gasteiger charge is 2.13. The molecule has 1 N–H and O–H groups in total. The number of aromatic amines is 1. The van der Waals surface area contributed by atoms with Crippen molar-refractivity contribution in [3.63, 3.8) is 0 Å². The standard InChI is InChI=1S/C19H18N2O2/c1-4-17-20-18(13-5-9-15(22-2)10-6-13)19(21-17)14-7-11-16(23-3)12-8-14/h4-12H,1H2,2-3H3,(H,20,21). The fourth-order valence-electron chi connectivity index (χ4n) is 2.41. The van der Waals surface area contributed by atoms with Gasteiger partial charge in [-0.2, -0.15) is 0 Å². The van der Waals surface area contributed by atoms with Gasteiger partial charge in [-0.3, -0.25) is 0 Å². The Hall–Kier alpha value is -3.01. The molecule has 0 aliphatic rings. The first-order chi connectivity index (χ1) is 11.2. The molecule has 0 unspecified atom stereocenters. The van der Waals surface area contributed by atoms with Gasteiger partial charge in [0.2, 0.25) is 0 Å². The van der Waals surface area contributed by atoms with E-state index < -0.39 is 0 Å². The lowest BCUT2D eigenvalue weighted by Gasteiger charge is -2.06. The van der Waals surface area contributed by atoms with Gasteiger partial charge in [0, 0.05) is 11.1 Å². The van der Waals surface area contributed by atoms with E-state index >= 15 is 0 Å². The Kier molecular flexibility index (Phi) is 4.15. The van der Waals surface area contributed by atoms with Crippen molar-refractivity contribution in [3.05, 3.63) is 60.9 Å². The summed E-state index contributed by atoms with van der Waals surface area (Å²) < 4.78 is 10.4. The van der Waals surface area contributed by atoms with Gasteiger partial charge >= 0.3 is 0 Å². The summed E-state index contributed by atoms with van der Waals surface area (Å²) in [7, 11) is 3.31. The number of aromatic nitrogens is 2. The Morgan fingerprint density at radius 2 is 1.39 bits per heavy atom. The van der Waals surface area contributed by atoms with Gasteiger partial charge in [0.25, 0.3) is 0 Å². The maximum Gasteiger partial charge on any atom is 0.130 e. The predicted octanol–water partition coefficient (Wildman–Crippen LogP) is 4.40. The van der Waals surface area contributed by atoms with Crippen LogP contribution in [0.25, 0.3) is 28.6 Å². The van der Waals surface area contributed by atoms with E-state index in [1.165, 1.54) is 0 Å². The van der Waals surface area contributed by atoms with Crippen molar-refractivity contribution in [2.45, 2.75) is 0 Å². The molecule has 23 heavy (non-hydrogen) atoms. The Labute approximate surface area is 135 Å². The molecule has 0 radical (unpaired) electrons. The first-order valence-electron chi connectivity index (χ1n) is 7.26. The van der Waals surface area contributed by atoms with Gasteiger partial charge in [-0.25, -0.2) is 4.98 Å². The molecule has 0 fully saturated rings. The third-order valence-electron chi connectivity index (χ3n) is 3.66. The third kappa shape index (κ3) is 2.97. The third-order valence-corrected chi connectivity index (χ3v) is 3.66. The minimum absolute atomic E-state index is 0.738. The van der Waals surface area contributed by atoms with Crippen molar-refractivity contribution in [2.75, 3.05) is 14.2 Å². The van der Waals surface area contributed by atoms with E-state index in [-0.39, 0.29) is 0 Å². The Bertz CT molecular complexity index is 737. The van der Waals surface area contributed by atoms with E-state index in [1.54, 1.807) is 20.3 Å². The van der Waals surface area contributed by atoms with Gasteiger partial charge in [0.05, 0.1) is 25.6 Å². The molecular formula is C19H18N2O2. The average Bonchev–Trinajstić information content (AvgIpc) is 3.06. The van der Waals surface area contributed by atoms with Crippen LogP contribution in [-0.4, -0.2) is 24.2 Å². The summed E-state index contributed by atoms with van der Waals surface area (Å²) in [5, 5.41) is 0. The molecule has 1 aromatic heterocycles. The molecule has 0 spiro atoms. The lowest BCUT2D eigenvalue weighted by molar-refractivity contribution is 0.414. The van der Waals surface area contributed by atoms with Crippen LogP contribution in [0.4, 0.5) is 0 Å². The molecule has 3 aromatic rings. The molecule has 3 rings (SSSR count). The van der Waals surface area contributed by atoms with Crippen molar-refractivity contribution in [2.24, 2.45) is 0 Å². The van der Waals surface area contributed by atoms with Crippen molar-refractivity contribution in [1.82, 2.24) is 9.97 Å². The van der Waals surface area contributed by atoms with Crippen LogP contribution in [0, 0.1) is 0 Å². The Balaban J connectivity index is 2.08. The highest BCUT2D eigenvalue weighted by molar-refractivity contribution is 5.79. The second kappa shape index (κ2) is 6.40. The Morgan fingerprint density at radius 3 is 1.87 bits per heavy atom. The molecule has 1 heterocycles. The Morgan fingerprint density at radius 1 is 0.870 bits per heavy atom. The van der Waals surface area contributed by atoms with E-state index in [9.17, 15) is 0 Å². The maximum absolute atomic E-state index is 5.22. The highest BCUT2D eigenvalue weighted by atomic mass is 16.5. The van der Waals surface area contributed by atoms with Gasteiger partial charge in [-0.05, 0) is 54.6 Å². The smallest absolute Gasteiger partial charge is 0.130 e. The first kappa shape index (κ1) is 14.9. The zero-order valence-corrected chi connectivity index (χ0v) is 13.2. The molecule has 0 atom stereocenters. The normalized spacial score (nSPS) is 10.3. The van der Waals surface area contributed by atoms with Crippen molar-refractivity contribution < 1.29 is 9.47 Å². The van der Waals surface area contributed by atoms with Gasteiger partial charge in [0.1, 0.15) is 17.3 Å². The summed E-state index contributed by atoms with van der Waals surface area (Å²) in [5.74, 6) is 2.38. The number of hydrogen-bond donors (Lipinski definition) is 1. The van der Waals surface area contributed by atoms with Crippen LogP contribution in [-0.2, 0) is 0 Å². The fourth-order valence-corrected chi connectivity index (χ4v) is 2.41. The average molecular weight is 306 g/mol. The van der Waals surface area contributed by atoms with E-state index in [1.807, 2.05) is 48.5 Å². The van der Waals surface area contributed by atoms with E-state index in [2.05, 4.69) is 16.5 Å². The van der Waals surface area contributed by atoms with E-state index in [0.29, 0.717) is 0 Å². The lowest BCUT2D eigenvalue weighted by atomic mass is 10.0. The molecule has 0 saturated carbocycles. The molecule has 0 aliphatic heterocycles. The monoisotopic (exact) mass is 306 g/mol. The fraction of sp³-hybridized carbons (Fsp3) is 0.105. The number of nitrogens with one attached hydrogen (secondary N) is 1. The highest BCUT2D eigenvalue weighted by Crippen LogP contribution is 2.32. The zero-order chi connectivity index (χ0) is 16.2. The van der Waals surface area contributed by atoms with Crippen LogP contribution < -0.4 is 9.47 Å². The lowest BCUT2D eigenvalue weighted by Crippen LogP contribution is -1.87. The number of hydrogen-bond acceptors (Lipinski definition) is 3. The van der Waals surface area contributed by atoms with Gasteiger partial charge < -0.3 is 14.5 Å². The largest absolute Gasteiger partial charge is 0.497 e. The molecular weight excluding hydrogens is 288 g/mol. The molecule has 0 saturated heterocycles. The predicted molar refractivity (Wildman–Crippen MR) is 92.7 cm³/mol. The number of methoxy groups -OCH3 is 2. The second-order valence-electron chi connectivity index (χ2n) is 5.01. The number of nitrogens with zero attached hydrogens (tertiary/aromatic N) is 1. The molecule has 4 heteroatoms. The molecule has 2 aromatic carbocycles. The van der Waals surface area contributed by atoms with Crippen molar-refractivity contribution in [3.8, 4) is 34.0 Å². The molecule has 116 valence electrons. The summed E-state index contributed by atoms with van der Waals surface area (Å²) in [6, 6.07) is 15.7. The minimum Gasteiger partial charge on any atom is -0.497 e. The van der Waals surface area contributed by atoms with Crippen molar-refractivity contribution >= 4 is 6.08 Å². The van der Waals surface area contributed by atoms with Crippen LogP contribution in [0.5, 0.6) is 11.5 Å². The van der Waals surface area contributed by atoms with E-state index in [0.717, 1.165) is 39.8 Å². The van der Waals surface area contributed by atoms with Gasteiger partial charge in [-0.15, -0.1) is 0 Å². The number of ether oxygens (including phenoxy) is 2. The topological polar surface area (TPSA) is 47.1 Å². The van der Waals surface area contributed by atoms with Crippen molar-refractivity contribution in [1.29, 1.82) is 0 Å². The molecule has 4 nitrogen and oxygen atoms in total. The maximum atomic E-state index is 5.22. The van der Waals surface area contributed by atoms with E-state index in [4.69, 9.17) is 9.47 Å². The molecule has 0 bridgehead atoms. The van der Waals surface area contributed by atoms with Gasteiger partial charge in [0.15, 0.2) is 0 Å².